The first-order chi connectivity index (χ1) is 12.5. The second kappa shape index (κ2) is 6.89. The van der Waals surface area contributed by atoms with Crippen LogP contribution in [0.25, 0.3) is 0 Å². The summed E-state index contributed by atoms with van der Waals surface area (Å²) in [6, 6.07) is 5.03. The molecule has 1 fully saturated rings. The maximum absolute atomic E-state index is 13.1. The van der Waals surface area contributed by atoms with E-state index >= 15 is 0 Å². The molecule has 26 heavy (non-hydrogen) atoms. The van der Waals surface area contributed by atoms with Gasteiger partial charge >= 0.3 is 0 Å². The number of β-amino-alcohol motifs (C(OH)–C–C–N with tert-alkyl or cyclic N) is 1. The molecule has 1 saturated heterocycles. The van der Waals surface area contributed by atoms with Crippen LogP contribution in [0.2, 0.25) is 5.02 Å². The second-order valence-corrected chi connectivity index (χ2v) is 7.18. The standard InChI is InChI=1S/C18H20ClN3O4/c1-2-16-20-21-17(26-16)14-7-13(23)8-22(14)18(24)11-5-10-6-12(19)3-4-15(10)25-9-11/h3-4,6,11,13-14,23H,2,5,7-9H2,1H3/t11?,13-,14-/m1/s1. The highest BCUT2D eigenvalue weighted by molar-refractivity contribution is 6.30. The highest BCUT2D eigenvalue weighted by Crippen LogP contribution is 2.36. The normalized spacial score (nSPS) is 25.0. The molecule has 7 nitrogen and oxygen atoms in total. The van der Waals surface area contributed by atoms with Gasteiger partial charge in [0.05, 0.1) is 12.0 Å². The maximum atomic E-state index is 13.1. The van der Waals surface area contributed by atoms with Crippen molar-refractivity contribution in [1.82, 2.24) is 15.1 Å². The van der Waals surface area contributed by atoms with E-state index in [1.165, 1.54) is 0 Å². The molecule has 1 aromatic carbocycles. The fourth-order valence-corrected chi connectivity index (χ4v) is 3.79. The molecule has 2 aliphatic rings. The monoisotopic (exact) mass is 377 g/mol. The number of carbonyl (C=O) groups excluding carboxylic acids is 1. The zero-order valence-corrected chi connectivity index (χ0v) is 15.1. The van der Waals surface area contributed by atoms with Crippen molar-refractivity contribution < 1.29 is 19.1 Å². The topological polar surface area (TPSA) is 88.7 Å². The van der Waals surface area contributed by atoms with E-state index in [1.54, 1.807) is 11.0 Å². The molecule has 2 aromatic rings. The summed E-state index contributed by atoms with van der Waals surface area (Å²) in [5.74, 6) is 1.27. The van der Waals surface area contributed by atoms with Crippen molar-refractivity contribution in [3.8, 4) is 5.75 Å². The zero-order valence-electron chi connectivity index (χ0n) is 14.4. The molecule has 2 aliphatic heterocycles. The Kier molecular flexibility index (Phi) is 4.58. The van der Waals surface area contributed by atoms with Gasteiger partial charge in [-0.1, -0.05) is 18.5 Å². The van der Waals surface area contributed by atoms with Gasteiger partial charge in [0, 0.05) is 24.4 Å². The smallest absolute Gasteiger partial charge is 0.239 e. The minimum Gasteiger partial charge on any atom is -0.492 e. The minimum atomic E-state index is -0.604. The van der Waals surface area contributed by atoms with E-state index < -0.39 is 12.1 Å². The largest absolute Gasteiger partial charge is 0.492 e. The Balaban J connectivity index is 1.54. The number of benzene rings is 1. The van der Waals surface area contributed by atoms with Crippen LogP contribution in [0.3, 0.4) is 0 Å². The summed E-state index contributed by atoms with van der Waals surface area (Å²) in [7, 11) is 0. The number of aryl methyl sites for hydroxylation is 1. The van der Waals surface area contributed by atoms with Crippen LogP contribution in [-0.2, 0) is 17.6 Å². The molecule has 1 unspecified atom stereocenters. The molecule has 3 heterocycles. The molecule has 0 radical (unpaired) electrons. The van der Waals surface area contributed by atoms with E-state index in [2.05, 4.69) is 10.2 Å². The van der Waals surface area contributed by atoms with Gasteiger partial charge in [-0.2, -0.15) is 0 Å². The number of hydrogen-bond acceptors (Lipinski definition) is 6. The first kappa shape index (κ1) is 17.3. The molecule has 138 valence electrons. The third kappa shape index (κ3) is 3.17. The van der Waals surface area contributed by atoms with Crippen LogP contribution < -0.4 is 4.74 Å². The number of aromatic nitrogens is 2. The van der Waals surface area contributed by atoms with Gasteiger partial charge in [-0.15, -0.1) is 10.2 Å². The van der Waals surface area contributed by atoms with Gasteiger partial charge in [0.1, 0.15) is 18.4 Å². The predicted octanol–water partition coefficient (Wildman–Crippen LogP) is 2.17. The van der Waals surface area contributed by atoms with Gasteiger partial charge in [0.2, 0.25) is 17.7 Å². The van der Waals surface area contributed by atoms with Crippen molar-refractivity contribution in [1.29, 1.82) is 0 Å². The predicted molar refractivity (Wildman–Crippen MR) is 92.9 cm³/mol. The van der Waals surface area contributed by atoms with Gasteiger partial charge < -0.3 is 19.2 Å². The van der Waals surface area contributed by atoms with Crippen molar-refractivity contribution in [3.63, 3.8) is 0 Å². The van der Waals surface area contributed by atoms with Crippen LogP contribution >= 0.6 is 11.6 Å². The SMILES string of the molecule is CCc1nnc([C@H]2C[C@@H](O)CN2C(=O)C2COc3ccc(Cl)cc3C2)o1. The number of ether oxygens (including phenoxy) is 1. The number of aliphatic hydroxyl groups is 1. The molecule has 0 saturated carbocycles. The lowest BCUT2D eigenvalue weighted by Gasteiger charge is -2.30. The van der Waals surface area contributed by atoms with Crippen molar-refractivity contribution in [3.05, 3.63) is 40.6 Å². The zero-order chi connectivity index (χ0) is 18.3. The Hall–Kier alpha value is -2.12. The van der Waals surface area contributed by atoms with Gasteiger partial charge in [-0.25, -0.2) is 0 Å². The Morgan fingerprint density at radius 2 is 2.27 bits per heavy atom. The number of carbonyl (C=O) groups is 1. The van der Waals surface area contributed by atoms with E-state index in [-0.39, 0.29) is 18.4 Å². The van der Waals surface area contributed by atoms with Crippen LogP contribution in [-0.4, -0.2) is 45.4 Å². The Labute approximate surface area is 155 Å². The lowest BCUT2D eigenvalue weighted by molar-refractivity contribution is -0.138. The third-order valence-corrected chi connectivity index (χ3v) is 5.15. The minimum absolute atomic E-state index is 0.0755. The van der Waals surface area contributed by atoms with Crippen molar-refractivity contribution in [2.24, 2.45) is 5.92 Å². The lowest BCUT2D eigenvalue weighted by Crippen LogP contribution is -2.41. The van der Waals surface area contributed by atoms with Gasteiger partial charge in [0.15, 0.2) is 0 Å². The summed E-state index contributed by atoms with van der Waals surface area (Å²) >= 11 is 6.06. The molecule has 1 N–H and O–H groups in total. The van der Waals surface area contributed by atoms with Crippen molar-refractivity contribution in [2.75, 3.05) is 13.2 Å². The van der Waals surface area contributed by atoms with E-state index in [9.17, 15) is 9.90 Å². The molecule has 0 spiro atoms. The van der Waals surface area contributed by atoms with Crippen molar-refractivity contribution in [2.45, 2.75) is 38.3 Å². The Morgan fingerprint density at radius 3 is 3.04 bits per heavy atom. The van der Waals surface area contributed by atoms with Crippen LogP contribution in [0, 0.1) is 5.92 Å². The summed E-state index contributed by atoms with van der Waals surface area (Å²) in [6.07, 6.45) is 0.974. The molecule has 4 rings (SSSR count). The second-order valence-electron chi connectivity index (χ2n) is 6.75. The number of hydrogen-bond donors (Lipinski definition) is 1. The highest BCUT2D eigenvalue weighted by atomic mass is 35.5. The third-order valence-electron chi connectivity index (χ3n) is 4.91. The lowest BCUT2D eigenvalue weighted by atomic mass is 9.95. The van der Waals surface area contributed by atoms with Crippen LogP contribution in [0.5, 0.6) is 5.75 Å². The number of halogens is 1. The number of rotatable bonds is 3. The summed E-state index contributed by atoms with van der Waals surface area (Å²) in [5, 5.41) is 18.8. The van der Waals surface area contributed by atoms with E-state index in [0.717, 1.165) is 11.3 Å². The Morgan fingerprint density at radius 1 is 1.42 bits per heavy atom. The molecule has 8 heteroatoms. The van der Waals surface area contributed by atoms with Gasteiger partial charge in [0.25, 0.3) is 0 Å². The number of nitrogens with zero attached hydrogens (tertiary/aromatic N) is 3. The summed E-state index contributed by atoms with van der Waals surface area (Å²) in [6.45, 7) is 2.48. The molecular weight excluding hydrogens is 358 g/mol. The van der Waals surface area contributed by atoms with Crippen LogP contribution in [0.4, 0.5) is 0 Å². The van der Waals surface area contributed by atoms with Crippen molar-refractivity contribution >= 4 is 17.5 Å². The summed E-state index contributed by atoms with van der Waals surface area (Å²) < 4.78 is 11.4. The van der Waals surface area contributed by atoms with E-state index in [0.29, 0.717) is 42.7 Å². The number of amides is 1. The molecule has 0 bridgehead atoms. The first-order valence-electron chi connectivity index (χ1n) is 8.77. The number of fused-ring (bicyclic) bond motifs is 1. The average molecular weight is 378 g/mol. The van der Waals surface area contributed by atoms with Gasteiger partial charge in [-0.05, 0) is 30.2 Å². The van der Waals surface area contributed by atoms with Gasteiger partial charge in [-0.3, -0.25) is 4.79 Å². The Bertz CT molecular complexity index is 825. The average Bonchev–Trinajstić information content (AvgIpc) is 3.26. The summed E-state index contributed by atoms with van der Waals surface area (Å²) in [4.78, 5) is 14.8. The first-order valence-corrected chi connectivity index (χ1v) is 9.15. The molecular formula is C18H20ClN3O4. The fourth-order valence-electron chi connectivity index (χ4n) is 3.59. The highest BCUT2D eigenvalue weighted by Gasteiger charge is 2.41. The molecule has 0 aliphatic carbocycles. The fraction of sp³-hybridized carbons (Fsp3) is 0.500. The van der Waals surface area contributed by atoms with E-state index in [4.69, 9.17) is 20.8 Å². The molecule has 1 aromatic heterocycles. The van der Waals surface area contributed by atoms with Crippen LogP contribution in [0.15, 0.2) is 22.6 Å². The van der Waals surface area contributed by atoms with E-state index in [1.807, 2.05) is 19.1 Å². The number of aliphatic hydroxyl groups excluding tert-OH is 1. The molecule has 3 atom stereocenters. The van der Waals surface area contributed by atoms with Crippen LogP contribution in [0.1, 0.15) is 36.7 Å². The number of likely N-dealkylation sites (tertiary alicyclic amines) is 1. The molecule has 1 amide bonds. The quantitative estimate of drug-likeness (QED) is 0.881. The maximum Gasteiger partial charge on any atom is 0.239 e. The summed E-state index contributed by atoms with van der Waals surface area (Å²) in [5.41, 5.74) is 0.921.